The van der Waals surface area contributed by atoms with E-state index in [2.05, 4.69) is 20.6 Å². The Morgan fingerprint density at radius 2 is 2.22 bits per heavy atom. The Hall–Kier alpha value is -3.50. The zero-order chi connectivity index (χ0) is 17.0. The maximum Gasteiger partial charge on any atom is 0.490 e. The van der Waals surface area contributed by atoms with Crippen LogP contribution in [0.4, 0.5) is 5.95 Å². The van der Waals surface area contributed by atoms with Gasteiger partial charge in [-0.05, 0) is 24.0 Å². The Morgan fingerprint density at radius 3 is 2.83 bits per heavy atom. The lowest BCUT2D eigenvalue weighted by Crippen LogP contribution is -2.24. The van der Waals surface area contributed by atoms with Crippen LogP contribution in [0.25, 0.3) is 0 Å². The van der Waals surface area contributed by atoms with E-state index in [4.69, 9.17) is 0 Å². The Kier molecular flexibility index (Phi) is 4.50. The van der Waals surface area contributed by atoms with Crippen LogP contribution in [0.1, 0.15) is 12.5 Å². The second kappa shape index (κ2) is 6.51. The molecule has 0 atom stereocenters. The van der Waals surface area contributed by atoms with Crippen LogP contribution in [0.3, 0.4) is 0 Å². The number of rotatable bonds is 5. The first-order valence-electron chi connectivity index (χ1n) is 6.26. The molecule has 1 heterocycles. The summed E-state index contributed by atoms with van der Waals surface area (Å²) in [5, 5.41) is 36.6. The molecule has 0 bridgehead atoms. The summed E-state index contributed by atoms with van der Waals surface area (Å²) < 4.78 is 0.996. The standard InChI is InChI=1S/C12H12N6O5/c1-7(9-3-2-8(19)4-10(9)20)14-15-11(21)5-17-6-13-12(16-17)18(22)23/h2-4,6,19-20H,5H2,1H3,(H,15,21). The highest BCUT2D eigenvalue weighted by Gasteiger charge is 2.15. The van der Waals surface area contributed by atoms with Crippen LogP contribution in [0, 0.1) is 10.1 Å². The number of phenols is 2. The minimum absolute atomic E-state index is 0.101. The molecule has 2 aromatic rings. The summed E-state index contributed by atoms with van der Waals surface area (Å²) in [5.74, 6) is -1.47. The number of carbonyl (C=O) groups is 1. The smallest absolute Gasteiger partial charge is 0.490 e. The van der Waals surface area contributed by atoms with Crippen molar-refractivity contribution in [2.75, 3.05) is 0 Å². The zero-order valence-corrected chi connectivity index (χ0v) is 11.9. The lowest BCUT2D eigenvalue weighted by atomic mass is 10.1. The fourth-order valence-corrected chi connectivity index (χ4v) is 1.66. The van der Waals surface area contributed by atoms with Gasteiger partial charge in [0.15, 0.2) is 0 Å². The maximum absolute atomic E-state index is 11.7. The van der Waals surface area contributed by atoms with Crippen molar-refractivity contribution in [3.05, 3.63) is 40.2 Å². The van der Waals surface area contributed by atoms with Crippen molar-refractivity contribution in [1.29, 1.82) is 0 Å². The number of nitrogens with one attached hydrogen (secondary N) is 1. The third kappa shape index (κ3) is 4.00. The Balaban J connectivity index is 2.00. The molecule has 120 valence electrons. The first kappa shape index (κ1) is 15.9. The number of nitrogens with zero attached hydrogens (tertiary/aromatic N) is 5. The van der Waals surface area contributed by atoms with Crippen LogP contribution in [0.15, 0.2) is 29.6 Å². The van der Waals surface area contributed by atoms with Crippen LogP contribution in [0.2, 0.25) is 0 Å². The van der Waals surface area contributed by atoms with Gasteiger partial charge < -0.3 is 20.3 Å². The molecule has 23 heavy (non-hydrogen) atoms. The third-order valence-electron chi connectivity index (χ3n) is 2.71. The molecule has 0 spiro atoms. The van der Waals surface area contributed by atoms with Gasteiger partial charge >= 0.3 is 5.95 Å². The number of aromatic nitrogens is 3. The first-order valence-corrected chi connectivity index (χ1v) is 6.26. The molecular formula is C12H12N6O5. The third-order valence-corrected chi connectivity index (χ3v) is 2.71. The molecule has 0 aliphatic rings. The van der Waals surface area contributed by atoms with Gasteiger partial charge in [0.2, 0.25) is 6.33 Å². The molecule has 1 aromatic heterocycles. The van der Waals surface area contributed by atoms with Crippen molar-refractivity contribution in [3.8, 4) is 11.5 Å². The normalized spacial score (nSPS) is 11.3. The summed E-state index contributed by atoms with van der Waals surface area (Å²) in [5.41, 5.74) is 2.87. The summed E-state index contributed by atoms with van der Waals surface area (Å²) in [4.78, 5) is 24.8. The number of hydrazone groups is 1. The van der Waals surface area contributed by atoms with Gasteiger partial charge in [0.25, 0.3) is 5.91 Å². The molecule has 0 saturated carbocycles. The molecule has 11 heteroatoms. The van der Waals surface area contributed by atoms with Gasteiger partial charge in [-0.1, -0.05) is 4.98 Å². The van der Waals surface area contributed by atoms with E-state index < -0.39 is 16.8 Å². The molecule has 2 rings (SSSR count). The zero-order valence-electron chi connectivity index (χ0n) is 11.9. The number of carbonyl (C=O) groups excluding carboxylic acids is 1. The van der Waals surface area contributed by atoms with E-state index in [9.17, 15) is 25.1 Å². The number of hydrogen-bond donors (Lipinski definition) is 3. The number of nitro groups is 1. The molecule has 1 aromatic carbocycles. The first-order chi connectivity index (χ1) is 10.9. The quantitative estimate of drug-likeness (QED) is 0.402. The van der Waals surface area contributed by atoms with Crippen molar-refractivity contribution in [2.45, 2.75) is 13.5 Å². The monoisotopic (exact) mass is 320 g/mol. The van der Waals surface area contributed by atoms with Crippen molar-refractivity contribution in [3.63, 3.8) is 0 Å². The highest BCUT2D eigenvalue weighted by Crippen LogP contribution is 2.22. The SMILES string of the molecule is CC(=NNC(=O)Cn1cnc([N+](=O)[O-])n1)c1ccc(O)cc1O. The molecule has 0 radical (unpaired) electrons. The molecule has 0 saturated heterocycles. The number of phenolic OH excluding ortho intramolecular Hbond substituents is 2. The number of hydrogen-bond acceptors (Lipinski definition) is 8. The molecule has 11 nitrogen and oxygen atoms in total. The summed E-state index contributed by atoms with van der Waals surface area (Å²) in [7, 11) is 0. The molecule has 3 N–H and O–H groups in total. The van der Waals surface area contributed by atoms with Gasteiger partial charge in [0, 0.05) is 16.7 Å². The molecule has 0 unspecified atom stereocenters. The van der Waals surface area contributed by atoms with Crippen molar-refractivity contribution >= 4 is 17.6 Å². The van der Waals surface area contributed by atoms with E-state index >= 15 is 0 Å². The van der Waals surface area contributed by atoms with Crippen molar-refractivity contribution < 1.29 is 19.9 Å². The largest absolute Gasteiger partial charge is 0.508 e. The Morgan fingerprint density at radius 1 is 1.48 bits per heavy atom. The van der Waals surface area contributed by atoms with E-state index in [1.165, 1.54) is 12.1 Å². The summed E-state index contributed by atoms with van der Waals surface area (Å²) >= 11 is 0. The Labute approximate surface area is 129 Å². The van der Waals surface area contributed by atoms with Gasteiger partial charge in [0.05, 0.1) is 5.71 Å². The van der Waals surface area contributed by atoms with E-state index in [-0.39, 0.29) is 18.0 Å². The van der Waals surface area contributed by atoms with E-state index in [0.717, 1.165) is 17.1 Å². The highest BCUT2D eigenvalue weighted by atomic mass is 16.6. The minimum Gasteiger partial charge on any atom is -0.508 e. The van der Waals surface area contributed by atoms with Gasteiger partial charge in [-0.25, -0.2) is 5.43 Å². The average Bonchev–Trinajstić information content (AvgIpc) is 2.93. The maximum atomic E-state index is 11.7. The summed E-state index contributed by atoms with van der Waals surface area (Å²) in [6.45, 7) is 1.24. The van der Waals surface area contributed by atoms with Crippen molar-refractivity contribution in [2.24, 2.45) is 5.10 Å². The second-order valence-electron chi connectivity index (χ2n) is 4.43. The predicted molar refractivity (Wildman–Crippen MR) is 76.8 cm³/mol. The molecule has 1 amide bonds. The lowest BCUT2D eigenvalue weighted by Gasteiger charge is -2.05. The fraction of sp³-hybridized carbons (Fsp3) is 0.167. The predicted octanol–water partition coefficient (Wildman–Crippen LogP) is 0.138. The van der Waals surface area contributed by atoms with E-state index in [1.54, 1.807) is 6.92 Å². The summed E-state index contributed by atoms with van der Waals surface area (Å²) in [6.07, 6.45) is 1.06. The van der Waals surface area contributed by atoms with E-state index in [1.807, 2.05) is 0 Å². The van der Waals surface area contributed by atoms with Crippen LogP contribution in [-0.4, -0.2) is 41.5 Å². The van der Waals surface area contributed by atoms with Crippen LogP contribution in [0.5, 0.6) is 11.5 Å². The molecule has 0 fully saturated rings. The van der Waals surface area contributed by atoms with Crippen LogP contribution < -0.4 is 5.43 Å². The van der Waals surface area contributed by atoms with Crippen molar-refractivity contribution in [1.82, 2.24) is 20.2 Å². The van der Waals surface area contributed by atoms with E-state index in [0.29, 0.717) is 11.3 Å². The average molecular weight is 320 g/mol. The number of benzene rings is 1. The molecule has 0 aliphatic carbocycles. The lowest BCUT2D eigenvalue weighted by molar-refractivity contribution is -0.394. The summed E-state index contributed by atoms with van der Waals surface area (Å²) in [6, 6.07) is 3.95. The van der Waals surface area contributed by atoms with Gasteiger partial charge in [0.1, 0.15) is 18.0 Å². The van der Waals surface area contributed by atoms with Crippen LogP contribution in [-0.2, 0) is 11.3 Å². The number of amides is 1. The molecule has 0 aliphatic heterocycles. The fourth-order valence-electron chi connectivity index (χ4n) is 1.66. The number of aromatic hydroxyl groups is 2. The molecular weight excluding hydrogens is 308 g/mol. The van der Waals surface area contributed by atoms with Crippen LogP contribution >= 0.6 is 0 Å². The van der Waals surface area contributed by atoms with Gasteiger partial charge in [-0.3, -0.25) is 4.79 Å². The van der Waals surface area contributed by atoms with Gasteiger partial charge in [-0.15, -0.1) is 0 Å². The second-order valence-corrected chi connectivity index (χ2v) is 4.43. The highest BCUT2D eigenvalue weighted by molar-refractivity contribution is 6.01. The minimum atomic E-state index is -0.774. The van der Waals surface area contributed by atoms with Gasteiger partial charge in [-0.2, -0.15) is 9.78 Å². The topological polar surface area (TPSA) is 156 Å². The Bertz CT molecular complexity index is 784.